The first-order chi connectivity index (χ1) is 4.58. The van der Waals surface area contributed by atoms with E-state index in [-0.39, 0.29) is 11.5 Å². The van der Waals surface area contributed by atoms with Crippen LogP contribution in [-0.4, -0.2) is 31.2 Å². The average molecular weight is 146 g/mol. The van der Waals surface area contributed by atoms with E-state index in [4.69, 9.17) is 9.47 Å². The van der Waals surface area contributed by atoms with Crippen LogP contribution in [0.3, 0.4) is 0 Å². The Balaban J connectivity index is 2.63. The lowest BCUT2D eigenvalue weighted by molar-refractivity contribution is -0.123. The smallest absolute Gasteiger partial charge is 0.181 e. The van der Waals surface area contributed by atoms with Gasteiger partial charge in [0.05, 0.1) is 6.61 Å². The Labute approximate surface area is 60.9 Å². The van der Waals surface area contributed by atoms with Gasteiger partial charge in [-0.15, -0.1) is 0 Å². The van der Waals surface area contributed by atoms with Crippen LogP contribution >= 0.6 is 0 Å². The van der Waals surface area contributed by atoms with E-state index in [1.54, 1.807) is 7.11 Å². The number of ether oxygens (including phenoxy) is 2. The van der Waals surface area contributed by atoms with Gasteiger partial charge in [-0.2, -0.15) is 0 Å². The topological polar surface area (TPSA) is 38.7 Å². The van der Waals surface area contributed by atoms with Crippen LogP contribution in [0.4, 0.5) is 0 Å². The summed E-state index contributed by atoms with van der Waals surface area (Å²) in [5, 5.41) is 9.18. The summed E-state index contributed by atoms with van der Waals surface area (Å²) >= 11 is 0. The maximum atomic E-state index is 9.18. The van der Waals surface area contributed by atoms with Gasteiger partial charge in [-0.05, 0) is 0 Å². The fourth-order valence-corrected chi connectivity index (χ4v) is 1.29. The summed E-state index contributed by atoms with van der Waals surface area (Å²) in [7, 11) is 1.59. The Hall–Kier alpha value is -0.120. The molecule has 1 fully saturated rings. The van der Waals surface area contributed by atoms with Crippen LogP contribution in [0.15, 0.2) is 0 Å². The summed E-state index contributed by atoms with van der Waals surface area (Å²) in [5.41, 5.74) is -0.0613. The van der Waals surface area contributed by atoms with Gasteiger partial charge in [0, 0.05) is 12.5 Å². The molecule has 2 atom stereocenters. The van der Waals surface area contributed by atoms with E-state index < -0.39 is 6.29 Å². The highest BCUT2D eigenvalue weighted by molar-refractivity contribution is 4.86. The number of aliphatic hydroxyl groups is 1. The van der Waals surface area contributed by atoms with E-state index in [2.05, 4.69) is 0 Å². The molecular formula is C7H14O3. The Morgan fingerprint density at radius 2 is 2.20 bits per heavy atom. The minimum Gasteiger partial charge on any atom is -0.376 e. The maximum Gasteiger partial charge on any atom is 0.181 e. The summed E-state index contributed by atoms with van der Waals surface area (Å²) in [5.74, 6) is 0. The average Bonchev–Trinajstić information content (AvgIpc) is 2.07. The molecule has 1 aliphatic rings. The standard InChI is InChI=1S/C7H14O3/c1-7(2)4-10-6(8)5(7)9-3/h5-6,8H,4H2,1-3H3/t5-,6+/m1/s1. The third-order valence-electron chi connectivity index (χ3n) is 1.91. The molecule has 0 amide bonds. The zero-order valence-corrected chi connectivity index (χ0v) is 6.63. The second kappa shape index (κ2) is 2.49. The Bertz CT molecular complexity index is 122. The second-order valence-corrected chi connectivity index (χ2v) is 3.35. The van der Waals surface area contributed by atoms with Gasteiger partial charge < -0.3 is 14.6 Å². The van der Waals surface area contributed by atoms with Crippen molar-refractivity contribution in [3.05, 3.63) is 0 Å². The van der Waals surface area contributed by atoms with Gasteiger partial charge in [0.2, 0.25) is 0 Å². The lowest BCUT2D eigenvalue weighted by atomic mass is 9.89. The van der Waals surface area contributed by atoms with Crippen molar-refractivity contribution >= 4 is 0 Å². The van der Waals surface area contributed by atoms with Crippen molar-refractivity contribution in [2.75, 3.05) is 13.7 Å². The molecule has 3 heteroatoms. The molecule has 0 aromatic carbocycles. The molecule has 1 aliphatic heterocycles. The quantitative estimate of drug-likeness (QED) is 0.581. The fourth-order valence-electron chi connectivity index (χ4n) is 1.29. The van der Waals surface area contributed by atoms with Crippen molar-refractivity contribution in [1.29, 1.82) is 0 Å². The van der Waals surface area contributed by atoms with E-state index in [1.807, 2.05) is 13.8 Å². The molecule has 0 aliphatic carbocycles. The minimum atomic E-state index is -0.750. The Kier molecular flexibility index (Phi) is 1.99. The van der Waals surface area contributed by atoms with Crippen molar-refractivity contribution in [3.63, 3.8) is 0 Å². The number of rotatable bonds is 1. The third kappa shape index (κ3) is 1.17. The third-order valence-corrected chi connectivity index (χ3v) is 1.91. The zero-order valence-electron chi connectivity index (χ0n) is 6.63. The van der Waals surface area contributed by atoms with Crippen molar-refractivity contribution in [2.45, 2.75) is 26.2 Å². The number of hydrogen-bond acceptors (Lipinski definition) is 3. The summed E-state index contributed by atoms with van der Waals surface area (Å²) < 4.78 is 10.1. The molecule has 1 N–H and O–H groups in total. The van der Waals surface area contributed by atoms with Crippen LogP contribution < -0.4 is 0 Å². The highest BCUT2D eigenvalue weighted by atomic mass is 16.6. The van der Waals surface area contributed by atoms with Crippen LogP contribution in [0.1, 0.15) is 13.8 Å². The molecule has 0 saturated carbocycles. The molecule has 0 aromatic rings. The Morgan fingerprint density at radius 3 is 2.40 bits per heavy atom. The van der Waals surface area contributed by atoms with Crippen LogP contribution in [0.5, 0.6) is 0 Å². The van der Waals surface area contributed by atoms with E-state index in [9.17, 15) is 5.11 Å². The van der Waals surface area contributed by atoms with E-state index in [0.717, 1.165) is 0 Å². The molecule has 1 rings (SSSR count). The molecule has 60 valence electrons. The number of aliphatic hydroxyl groups excluding tert-OH is 1. The molecule has 3 nitrogen and oxygen atoms in total. The summed E-state index contributed by atoms with van der Waals surface area (Å²) in [6, 6.07) is 0. The molecule has 0 unspecified atom stereocenters. The van der Waals surface area contributed by atoms with Crippen LogP contribution in [0.2, 0.25) is 0 Å². The molecule has 0 bridgehead atoms. The normalized spacial score (nSPS) is 38.4. The largest absolute Gasteiger partial charge is 0.376 e. The predicted molar refractivity (Wildman–Crippen MR) is 36.5 cm³/mol. The molecular weight excluding hydrogens is 132 g/mol. The van der Waals surface area contributed by atoms with Crippen molar-refractivity contribution < 1.29 is 14.6 Å². The predicted octanol–water partition coefficient (Wildman–Crippen LogP) is 0.376. The van der Waals surface area contributed by atoms with Gasteiger partial charge in [0.25, 0.3) is 0 Å². The first kappa shape index (κ1) is 7.98. The van der Waals surface area contributed by atoms with Crippen LogP contribution in [-0.2, 0) is 9.47 Å². The van der Waals surface area contributed by atoms with Gasteiger partial charge >= 0.3 is 0 Å². The molecule has 1 saturated heterocycles. The van der Waals surface area contributed by atoms with Crippen molar-refractivity contribution in [1.82, 2.24) is 0 Å². The lowest BCUT2D eigenvalue weighted by Gasteiger charge is -2.23. The Morgan fingerprint density at radius 1 is 1.60 bits per heavy atom. The fraction of sp³-hybridized carbons (Fsp3) is 1.00. The first-order valence-corrected chi connectivity index (χ1v) is 3.40. The number of methoxy groups -OCH3 is 1. The van der Waals surface area contributed by atoms with Gasteiger partial charge in [0.15, 0.2) is 6.29 Å². The summed E-state index contributed by atoms with van der Waals surface area (Å²) in [6.45, 7) is 4.58. The van der Waals surface area contributed by atoms with Crippen molar-refractivity contribution in [2.24, 2.45) is 5.41 Å². The SMILES string of the molecule is CO[C@@H]1[C@@H](O)OCC1(C)C. The van der Waals surface area contributed by atoms with E-state index in [1.165, 1.54) is 0 Å². The van der Waals surface area contributed by atoms with Gasteiger partial charge in [-0.25, -0.2) is 0 Å². The number of hydrogen-bond donors (Lipinski definition) is 1. The van der Waals surface area contributed by atoms with Gasteiger partial charge in [0.1, 0.15) is 6.10 Å². The van der Waals surface area contributed by atoms with E-state index >= 15 is 0 Å². The molecule has 10 heavy (non-hydrogen) atoms. The minimum absolute atomic E-state index is 0.0613. The highest BCUT2D eigenvalue weighted by Crippen LogP contribution is 2.32. The monoisotopic (exact) mass is 146 g/mol. The summed E-state index contributed by atoms with van der Waals surface area (Å²) in [4.78, 5) is 0. The van der Waals surface area contributed by atoms with E-state index in [0.29, 0.717) is 6.61 Å². The van der Waals surface area contributed by atoms with Crippen LogP contribution in [0.25, 0.3) is 0 Å². The first-order valence-electron chi connectivity index (χ1n) is 3.40. The summed E-state index contributed by atoms with van der Waals surface area (Å²) in [6.07, 6.45) is -0.938. The molecule has 1 heterocycles. The van der Waals surface area contributed by atoms with Crippen LogP contribution in [0, 0.1) is 5.41 Å². The highest BCUT2D eigenvalue weighted by Gasteiger charge is 2.42. The molecule has 0 radical (unpaired) electrons. The second-order valence-electron chi connectivity index (χ2n) is 3.35. The molecule has 0 aromatic heterocycles. The van der Waals surface area contributed by atoms with Gasteiger partial charge in [-0.1, -0.05) is 13.8 Å². The maximum absolute atomic E-state index is 9.18. The zero-order chi connectivity index (χ0) is 7.78. The van der Waals surface area contributed by atoms with Gasteiger partial charge in [-0.3, -0.25) is 0 Å². The lowest BCUT2D eigenvalue weighted by Crippen LogP contribution is -2.34. The molecule has 0 spiro atoms. The van der Waals surface area contributed by atoms with Crippen molar-refractivity contribution in [3.8, 4) is 0 Å².